The van der Waals surface area contributed by atoms with E-state index in [9.17, 15) is 4.39 Å². The number of halogens is 2. The number of aromatic nitrogens is 2. The Kier molecular flexibility index (Phi) is 3.45. The molecule has 6 heteroatoms. The second-order valence-corrected chi connectivity index (χ2v) is 5.06. The Hall–Kier alpha value is -1.33. The lowest BCUT2D eigenvalue weighted by Crippen LogP contribution is -2.29. The lowest BCUT2D eigenvalue weighted by Gasteiger charge is -2.21. The van der Waals surface area contributed by atoms with Gasteiger partial charge in [-0.25, -0.2) is 9.37 Å². The van der Waals surface area contributed by atoms with Gasteiger partial charge in [0.2, 0.25) is 5.95 Å². The average Bonchev–Trinajstić information content (AvgIpc) is 2.56. The molecular weight excluding hydrogens is 255 g/mol. The van der Waals surface area contributed by atoms with Gasteiger partial charge in [0.1, 0.15) is 5.82 Å². The number of benzene rings is 1. The van der Waals surface area contributed by atoms with Gasteiger partial charge in [-0.05, 0) is 27.1 Å². The number of nitrogens with two attached hydrogens (primary N) is 1. The summed E-state index contributed by atoms with van der Waals surface area (Å²) in [6.07, 6.45) is 0. The van der Waals surface area contributed by atoms with E-state index in [1.165, 1.54) is 12.1 Å². The van der Waals surface area contributed by atoms with Gasteiger partial charge >= 0.3 is 0 Å². The first-order valence-corrected chi connectivity index (χ1v) is 6.05. The summed E-state index contributed by atoms with van der Waals surface area (Å²) in [4.78, 5) is 6.27. The largest absolute Gasteiger partial charge is 0.369 e. The summed E-state index contributed by atoms with van der Waals surface area (Å²) in [7, 11) is 3.97. The van der Waals surface area contributed by atoms with E-state index in [0.29, 0.717) is 23.5 Å². The van der Waals surface area contributed by atoms with Crippen molar-refractivity contribution in [2.24, 2.45) is 0 Å². The van der Waals surface area contributed by atoms with Gasteiger partial charge in [0, 0.05) is 18.7 Å². The predicted octanol–water partition coefficient (Wildman–Crippen LogP) is 2.36. The maximum absolute atomic E-state index is 13.5. The van der Waals surface area contributed by atoms with Gasteiger partial charge in [-0.1, -0.05) is 11.6 Å². The monoisotopic (exact) mass is 270 g/mol. The van der Waals surface area contributed by atoms with Gasteiger partial charge in [-0.2, -0.15) is 0 Å². The first-order chi connectivity index (χ1) is 8.40. The van der Waals surface area contributed by atoms with E-state index in [1.807, 2.05) is 14.1 Å². The van der Waals surface area contributed by atoms with E-state index in [0.717, 1.165) is 0 Å². The summed E-state index contributed by atoms with van der Waals surface area (Å²) in [5.41, 5.74) is 7.15. The minimum absolute atomic E-state index is 0.0628. The molecular formula is C12H16ClFN4. The molecule has 0 saturated carbocycles. The second kappa shape index (κ2) is 4.74. The number of hydrogen-bond acceptors (Lipinski definition) is 3. The van der Waals surface area contributed by atoms with Gasteiger partial charge in [0.25, 0.3) is 0 Å². The third kappa shape index (κ3) is 2.28. The number of likely N-dealkylation sites (N-methyl/N-ethyl adjacent to an activating group) is 1. The number of anilines is 1. The zero-order valence-corrected chi connectivity index (χ0v) is 11.4. The predicted molar refractivity (Wildman–Crippen MR) is 72.3 cm³/mol. The zero-order valence-electron chi connectivity index (χ0n) is 10.6. The Morgan fingerprint density at radius 2 is 2.17 bits per heavy atom. The number of rotatable bonds is 3. The number of nitrogen functional groups attached to an aromatic ring is 1. The van der Waals surface area contributed by atoms with Crippen LogP contribution >= 0.6 is 11.6 Å². The van der Waals surface area contributed by atoms with Crippen LogP contribution in [0.25, 0.3) is 11.0 Å². The molecule has 0 radical (unpaired) electrons. The molecule has 98 valence electrons. The van der Waals surface area contributed by atoms with Crippen molar-refractivity contribution in [3.63, 3.8) is 0 Å². The van der Waals surface area contributed by atoms with Crippen LogP contribution in [0.1, 0.15) is 6.92 Å². The smallest absolute Gasteiger partial charge is 0.201 e. The quantitative estimate of drug-likeness (QED) is 0.931. The molecule has 18 heavy (non-hydrogen) atoms. The highest BCUT2D eigenvalue weighted by molar-refractivity contribution is 6.31. The maximum atomic E-state index is 13.5. The molecule has 0 amide bonds. The second-order valence-electron chi connectivity index (χ2n) is 4.65. The van der Waals surface area contributed by atoms with E-state index in [2.05, 4.69) is 16.8 Å². The highest BCUT2D eigenvalue weighted by Gasteiger charge is 2.14. The number of imidazole rings is 1. The fourth-order valence-electron chi connectivity index (χ4n) is 1.76. The van der Waals surface area contributed by atoms with Crippen molar-refractivity contribution < 1.29 is 4.39 Å². The molecule has 0 aliphatic carbocycles. The van der Waals surface area contributed by atoms with Gasteiger partial charge in [-0.3, -0.25) is 0 Å². The maximum Gasteiger partial charge on any atom is 0.201 e. The van der Waals surface area contributed by atoms with E-state index >= 15 is 0 Å². The number of nitrogens with zero attached hydrogens (tertiary/aromatic N) is 3. The average molecular weight is 271 g/mol. The van der Waals surface area contributed by atoms with Crippen molar-refractivity contribution in [3.05, 3.63) is 23.0 Å². The van der Waals surface area contributed by atoms with Crippen LogP contribution in [0.2, 0.25) is 5.02 Å². The zero-order chi connectivity index (χ0) is 13.4. The Labute approximate surface area is 110 Å². The molecule has 1 aromatic heterocycles. The van der Waals surface area contributed by atoms with Crippen molar-refractivity contribution in [3.8, 4) is 0 Å². The molecule has 0 saturated heterocycles. The summed E-state index contributed by atoms with van der Waals surface area (Å²) in [5.74, 6) is -0.0804. The van der Waals surface area contributed by atoms with Crippen LogP contribution in [0.4, 0.5) is 10.3 Å². The first kappa shape index (κ1) is 13.1. The van der Waals surface area contributed by atoms with Crippen molar-refractivity contribution in [1.29, 1.82) is 0 Å². The molecule has 1 heterocycles. The molecule has 2 rings (SSSR count). The molecule has 1 atom stereocenters. The van der Waals surface area contributed by atoms with Crippen LogP contribution in [0.3, 0.4) is 0 Å². The van der Waals surface area contributed by atoms with Gasteiger partial charge in [0.15, 0.2) is 0 Å². The van der Waals surface area contributed by atoms with Crippen molar-refractivity contribution in [1.82, 2.24) is 14.5 Å². The lowest BCUT2D eigenvalue weighted by atomic mass is 10.2. The van der Waals surface area contributed by atoms with Crippen molar-refractivity contribution >= 4 is 28.6 Å². The van der Waals surface area contributed by atoms with E-state index in [4.69, 9.17) is 17.3 Å². The minimum atomic E-state index is -0.456. The van der Waals surface area contributed by atoms with Crippen LogP contribution in [0, 0.1) is 5.82 Å². The van der Waals surface area contributed by atoms with E-state index < -0.39 is 5.82 Å². The summed E-state index contributed by atoms with van der Waals surface area (Å²) in [6, 6.07) is 3.14. The molecule has 1 aromatic carbocycles. The third-order valence-corrected chi connectivity index (χ3v) is 3.44. The van der Waals surface area contributed by atoms with Crippen LogP contribution in [0.5, 0.6) is 0 Å². The van der Waals surface area contributed by atoms with Crippen LogP contribution < -0.4 is 5.73 Å². The van der Waals surface area contributed by atoms with Crippen molar-refractivity contribution in [2.45, 2.75) is 19.5 Å². The van der Waals surface area contributed by atoms with Gasteiger partial charge < -0.3 is 15.2 Å². The standard InChI is InChI=1S/C12H16ClFN4/c1-7(17(2)3)6-18-11-5-9(14)8(13)4-10(11)16-12(18)15/h4-5,7H,6H2,1-3H3,(H2,15,16). The molecule has 2 N–H and O–H groups in total. The molecule has 4 nitrogen and oxygen atoms in total. The molecule has 1 unspecified atom stereocenters. The van der Waals surface area contributed by atoms with Crippen LogP contribution in [0.15, 0.2) is 12.1 Å². The van der Waals surface area contributed by atoms with Crippen molar-refractivity contribution in [2.75, 3.05) is 19.8 Å². The molecule has 0 aliphatic rings. The molecule has 0 fully saturated rings. The topological polar surface area (TPSA) is 47.1 Å². The van der Waals surface area contributed by atoms with E-state index in [-0.39, 0.29) is 11.1 Å². The number of hydrogen-bond donors (Lipinski definition) is 1. The highest BCUT2D eigenvalue weighted by Crippen LogP contribution is 2.25. The number of fused-ring (bicyclic) bond motifs is 1. The first-order valence-electron chi connectivity index (χ1n) is 5.67. The highest BCUT2D eigenvalue weighted by atomic mass is 35.5. The van der Waals surface area contributed by atoms with Gasteiger partial charge in [0.05, 0.1) is 16.1 Å². The molecule has 0 bridgehead atoms. The summed E-state index contributed by atoms with van der Waals surface area (Å²) < 4.78 is 15.3. The summed E-state index contributed by atoms with van der Waals surface area (Å²) in [6.45, 7) is 2.72. The Morgan fingerprint density at radius 3 is 2.78 bits per heavy atom. The molecule has 0 spiro atoms. The third-order valence-electron chi connectivity index (χ3n) is 3.15. The fraction of sp³-hybridized carbons (Fsp3) is 0.417. The Morgan fingerprint density at radius 1 is 1.50 bits per heavy atom. The Bertz CT molecular complexity index is 579. The van der Waals surface area contributed by atoms with E-state index in [1.54, 1.807) is 4.57 Å². The summed E-state index contributed by atoms with van der Waals surface area (Å²) >= 11 is 5.73. The Balaban J connectivity index is 2.50. The van der Waals surface area contributed by atoms with Crippen LogP contribution in [-0.2, 0) is 6.54 Å². The van der Waals surface area contributed by atoms with Gasteiger partial charge in [-0.15, -0.1) is 0 Å². The molecule has 2 aromatic rings. The molecule has 0 aliphatic heterocycles. The fourth-order valence-corrected chi connectivity index (χ4v) is 1.92. The SMILES string of the molecule is CC(Cn1c(N)nc2cc(Cl)c(F)cc21)N(C)C. The lowest BCUT2D eigenvalue weighted by molar-refractivity contribution is 0.287. The summed E-state index contributed by atoms with van der Waals surface area (Å²) in [5, 5.41) is 0.0628. The normalized spacial score (nSPS) is 13.4. The minimum Gasteiger partial charge on any atom is -0.369 e. The van der Waals surface area contributed by atoms with Crippen LogP contribution in [-0.4, -0.2) is 34.6 Å².